The number of hydrogen-bond acceptors (Lipinski definition) is 3. The maximum atomic E-state index is 13.8. The summed E-state index contributed by atoms with van der Waals surface area (Å²) in [6.45, 7) is 0. The Morgan fingerprint density at radius 1 is 0.679 bits per heavy atom. The van der Waals surface area contributed by atoms with Crippen molar-refractivity contribution in [2.45, 2.75) is 31.5 Å². The van der Waals surface area contributed by atoms with Gasteiger partial charge in [-0.2, -0.15) is 0 Å². The van der Waals surface area contributed by atoms with Crippen LogP contribution in [0.1, 0.15) is 36.0 Å². The summed E-state index contributed by atoms with van der Waals surface area (Å²) < 4.78 is 12.9. The molecule has 1 aliphatic rings. The van der Waals surface area contributed by atoms with Crippen LogP contribution in [0.15, 0.2) is 91.0 Å². The molecule has 0 aliphatic heterocycles. The van der Waals surface area contributed by atoms with Crippen LogP contribution in [0.4, 0.5) is 0 Å². The van der Waals surface area contributed by atoms with E-state index in [1.807, 2.05) is 91.0 Å². The number of carbonyl (C=O) groups excluding carboxylic acids is 1. The average molecular weight is 372 g/mol. The first-order chi connectivity index (χ1) is 13.8. The Kier molecular flexibility index (Phi) is 5.43. The molecular weight excluding hydrogens is 348 g/mol. The van der Waals surface area contributed by atoms with E-state index < -0.39 is 5.79 Å². The number of hydrogen-bond donors (Lipinski definition) is 0. The highest BCUT2D eigenvalue weighted by Gasteiger charge is 2.52. The summed E-state index contributed by atoms with van der Waals surface area (Å²) in [6.07, 6.45) is 3.95. The first kappa shape index (κ1) is 18.3. The van der Waals surface area contributed by atoms with E-state index >= 15 is 0 Å². The van der Waals surface area contributed by atoms with Gasteiger partial charge in [0.1, 0.15) is 11.5 Å². The molecule has 1 saturated carbocycles. The summed E-state index contributed by atoms with van der Waals surface area (Å²) in [5.74, 6) is -0.266. The first-order valence-electron chi connectivity index (χ1n) is 9.86. The third-order valence-electron chi connectivity index (χ3n) is 5.27. The quantitative estimate of drug-likeness (QED) is 0.382. The molecule has 28 heavy (non-hydrogen) atoms. The van der Waals surface area contributed by atoms with Gasteiger partial charge in [-0.1, -0.05) is 79.6 Å². The Hall–Kier alpha value is -3.07. The second-order valence-electron chi connectivity index (χ2n) is 7.17. The Bertz CT molecular complexity index is 843. The molecule has 0 saturated heterocycles. The summed E-state index contributed by atoms with van der Waals surface area (Å²) in [4.78, 5) is 13.8. The third-order valence-corrected chi connectivity index (χ3v) is 5.27. The van der Waals surface area contributed by atoms with Crippen molar-refractivity contribution in [2.24, 2.45) is 5.92 Å². The van der Waals surface area contributed by atoms with Gasteiger partial charge in [0.25, 0.3) is 0 Å². The van der Waals surface area contributed by atoms with Crippen LogP contribution in [0.2, 0.25) is 0 Å². The molecular formula is C25H24O3. The Morgan fingerprint density at radius 2 is 1.11 bits per heavy atom. The maximum Gasteiger partial charge on any atom is 0.318 e. The lowest BCUT2D eigenvalue weighted by molar-refractivity contribution is -0.117. The van der Waals surface area contributed by atoms with E-state index in [0.29, 0.717) is 17.1 Å². The monoisotopic (exact) mass is 372 g/mol. The minimum Gasteiger partial charge on any atom is -0.445 e. The Balaban J connectivity index is 1.81. The fraction of sp³-hybridized carbons (Fsp3) is 0.240. The molecule has 0 bridgehead atoms. The molecule has 0 heterocycles. The van der Waals surface area contributed by atoms with E-state index in [1.165, 1.54) is 0 Å². The summed E-state index contributed by atoms with van der Waals surface area (Å²) >= 11 is 0. The van der Waals surface area contributed by atoms with Crippen LogP contribution in [-0.4, -0.2) is 11.6 Å². The van der Waals surface area contributed by atoms with Gasteiger partial charge in [-0.25, -0.2) is 0 Å². The standard InChI is InChI=1S/C25H24O3/c26-24(20-12-4-1-5-13-20)25(21-14-10-11-15-21,27-22-16-6-2-7-17-22)28-23-18-8-3-9-19-23/h1-9,12-13,16-19,21H,10-11,14-15H2. The summed E-state index contributed by atoms with van der Waals surface area (Å²) in [6, 6.07) is 28.3. The largest absolute Gasteiger partial charge is 0.445 e. The number of rotatable bonds is 7. The van der Waals surface area contributed by atoms with Gasteiger partial charge in [0.2, 0.25) is 5.78 Å². The van der Waals surface area contributed by atoms with Crippen molar-refractivity contribution in [3.63, 3.8) is 0 Å². The lowest BCUT2D eigenvalue weighted by Crippen LogP contribution is -2.55. The SMILES string of the molecule is O=C(c1ccccc1)C(Oc1ccccc1)(Oc1ccccc1)C1CCCC1. The zero-order chi connectivity index (χ0) is 19.2. The molecule has 3 aromatic rings. The van der Waals surface area contributed by atoms with Gasteiger partial charge in [0, 0.05) is 11.5 Å². The van der Waals surface area contributed by atoms with Crippen LogP contribution >= 0.6 is 0 Å². The van der Waals surface area contributed by atoms with Crippen LogP contribution in [0.25, 0.3) is 0 Å². The van der Waals surface area contributed by atoms with Gasteiger partial charge >= 0.3 is 5.79 Å². The fourth-order valence-electron chi connectivity index (χ4n) is 3.89. The lowest BCUT2D eigenvalue weighted by Gasteiger charge is -2.38. The van der Waals surface area contributed by atoms with Gasteiger partial charge < -0.3 is 9.47 Å². The molecule has 0 aromatic heterocycles. The van der Waals surface area contributed by atoms with Gasteiger partial charge in [-0.05, 0) is 37.1 Å². The number of para-hydroxylation sites is 2. The van der Waals surface area contributed by atoms with Gasteiger partial charge in [0.15, 0.2) is 0 Å². The zero-order valence-electron chi connectivity index (χ0n) is 15.8. The summed E-state index contributed by atoms with van der Waals surface area (Å²) in [5, 5.41) is 0. The highest BCUT2D eigenvalue weighted by atomic mass is 16.7. The second kappa shape index (κ2) is 8.30. The van der Waals surface area contributed by atoms with Crippen LogP contribution < -0.4 is 9.47 Å². The molecule has 1 aliphatic carbocycles. The number of ether oxygens (including phenoxy) is 2. The third kappa shape index (κ3) is 3.79. The topological polar surface area (TPSA) is 35.5 Å². The molecule has 142 valence electrons. The van der Waals surface area contributed by atoms with Crippen LogP contribution in [0.5, 0.6) is 11.5 Å². The minimum atomic E-state index is -1.39. The van der Waals surface area contributed by atoms with E-state index in [1.54, 1.807) is 0 Å². The number of Topliss-reactive ketones (excluding diaryl/α,β-unsaturated/α-hetero) is 1. The van der Waals surface area contributed by atoms with E-state index in [9.17, 15) is 4.79 Å². The lowest BCUT2D eigenvalue weighted by atomic mass is 9.89. The molecule has 0 spiro atoms. The predicted molar refractivity (Wildman–Crippen MR) is 110 cm³/mol. The molecule has 0 N–H and O–H groups in total. The number of benzene rings is 3. The normalized spacial score (nSPS) is 14.6. The van der Waals surface area contributed by atoms with Gasteiger partial charge in [-0.15, -0.1) is 0 Å². The predicted octanol–water partition coefficient (Wildman–Crippen LogP) is 5.91. The van der Waals surface area contributed by atoms with Crippen molar-refractivity contribution in [1.29, 1.82) is 0 Å². The Labute approximate surface area is 165 Å². The van der Waals surface area contributed by atoms with E-state index in [0.717, 1.165) is 25.7 Å². The fourth-order valence-corrected chi connectivity index (χ4v) is 3.89. The minimum absolute atomic E-state index is 0.0133. The van der Waals surface area contributed by atoms with Crippen molar-refractivity contribution < 1.29 is 14.3 Å². The molecule has 3 heteroatoms. The molecule has 3 nitrogen and oxygen atoms in total. The molecule has 1 fully saturated rings. The molecule has 0 atom stereocenters. The Morgan fingerprint density at radius 3 is 1.57 bits per heavy atom. The van der Waals surface area contributed by atoms with E-state index in [2.05, 4.69) is 0 Å². The summed E-state index contributed by atoms with van der Waals surface area (Å²) in [5.41, 5.74) is 0.598. The van der Waals surface area contributed by atoms with Crippen molar-refractivity contribution in [3.05, 3.63) is 96.6 Å². The molecule has 0 unspecified atom stereocenters. The average Bonchev–Trinajstić information content (AvgIpc) is 3.30. The van der Waals surface area contributed by atoms with Crippen molar-refractivity contribution in [2.75, 3.05) is 0 Å². The highest BCUT2D eigenvalue weighted by molar-refractivity contribution is 6.02. The molecule has 3 aromatic carbocycles. The van der Waals surface area contributed by atoms with Gasteiger partial charge in [0.05, 0.1) is 0 Å². The van der Waals surface area contributed by atoms with Crippen molar-refractivity contribution >= 4 is 5.78 Å². The number of carbonyl (C=O) groups is 1. The highest BCUT2D eigenvalue weighted by Crippen LogP contribution is 2.40. The van der Waals surface area contributed by atoms with Crippen LogP contribution in [-0.2, 0) is 0 Å². The maximum absolute atomic E-state index is 13.8. The van der Waals surface area contributed by atoms with Gasteiger partial charge in [-0.3, -0.25) is 4.79 Å². The molecule has 0 radical (unpaired) electrons. The summed E-state index contributed by atoms with van der Waals surface area (Å²) in [7, 11) is 0. The second-order valence-corrected chi connectivity index (χ2v) is 7.17. The van der Waals surface area contributed by atoms with Crippen molar-refractivity contribution in [1.82, 2.24) is 0 Å². The van der Waals surface area contributed by atoms with E-state index in [4.69, 9.17) is 9.47 Å². The van der Waals surface area contributed by atoms with Crippen LogP contribution in [0.3, 0.4) is 0 Å². The first-order valence-corrected chi connectivity index (χ1v) is 9.86. The molecule has 4 rings (SSSR count). The van der Waals surface area contributed by atoms with Crippen molar-refractivity contribution in [3.8, 4) is 11.5 Å². The molecule has 0 amide bonds. The number of ketones is 1. The van der Waals surface area contributed by atoms with Crippen LogP contribution in [0, 0.1) is 5.92 Å². The zero-order valence-corrected chi connectivity index (χ0v) is 15.8. The van der Waals surface area contributed by atoms with E-state index in [-0.39, 0.29) is 11.7 Å². The smallest absolute Gasteiger partial charge is 0.318 e.